The standard InChI is InChI=1S/C15H15F6N3O3S/c1-23(7-14(16,17)18)9(5-25)6-28-24-11-3-2-8(15(19,20)21)4-10(11)12(26)22-13(24)27/h2-4,9,25H,5-7H2,1H3,(H,22,26,27). The largest absolute Gasteiger partial charge is 0.416 e. The first-order chi connectivity index (χ1) is 12.8. The van der Waals surface area contributed by atoms with Gasteiger partial charge in [-0.25, -0.2) is 8.77 Å². The number of benzene rings is 1. The van der Waals surface area contributed by atoms with Crippen LogP contribution in [0.15, 0.2) is 27.8 Å². The smallest absolute Gasteiger partial charge is 0.395 e. The molecular formula is C15H15F6N3O3S. The Morgan fingerprint density at radius 1 is 1.21 bits per heavy atom. The number of aromatic nitrogens is 2. The first-order valence-electron chi connectivity index (χ1n) is 7.71. The van der Waals surface area contributed by atoms with Gasteiger partial charge in [-0.15, -0.1) is 0 Å². The van der Waals surface area contributed by atoms with Crippen LogP contribution in [0.4, 0.5) is 26.3 Å². The molecule has 0 radical (unpaired) electrons. The van der Waals surface area contributed by atoms with E-state index < -0.39 is 53.7 Å². The lowest BCUT2D eigenvalue weighted by Gasteiger charge is -2.27. The van der Waals surface area contributed by atoms with Gasteiger partial charge in [-0.05, 0) is 37.2 Å². The molecule has 0 aliphatic heterocycles. The monoisotopic (exact) mass is 431 g/mol. The molecule has 0 aliphatic rings. The van der Waals surface area contributed by atoms with Gasteiger partial charge in [0.1, 0.15) is 0 Å². The molecule has 28 heavy (non-hydrogen) atoms. The number of hydrogen-bond acceptors (Lipinski definition) is 5. The van der Waals surface area contributed by atoms with E-state index in [2.05, 4.69) is 0 Å². The van der Waals surface area contributed by atoms with Gasteiger partial charge in [0.2, 0.25) is 0 Å². The number of nitrogens with one attached hydrogen (secondary N) is 1. The molecule has 156 valence electrons. The Kier molecular flexibility index (Phi) is 6.51. The predicted molar refractivity (Wildman–Crippen MR) is 91.2 cm³/mol. The molecule has 0 amide bonds. The Labute approximate surface area is 157 Å². The summed E-state index contributed by atoms with van der Waals surface area (Å²) in [6.45, 7) is -1.94. The zero-order valence-corrected chi connectivity index (χ0v) is 15.1. The molecule has 0 saturated carbocycles. The SMILES string of the molecule is CN(CC(F)(F)F)C(CO)CSn1c(=O)[nH]c(=O)c2cc(C(F)(F)F)ccc21. The highest BCUT2D eigenvalue weighted by molar-refractivity contribution is 7.98. The third-order valence-electron chi connectivity index (χ3n) is 3.85. The zero-order chi connectivity index (χ0) is 21.3. The molecule has 1 aromatic carbocycles. The van der Waals surface area contributed by atoms with Crippen molar-refractivity contribution in [2.45, 2.75) is 18.4 Å². The highest BCUT2D eigenvalue weighted by atomic mass is 32.2. The summed E-state index contributed by atoms with van der Waals surface area (Å²) in [4.78, 5) is 26.6. The fraction of sp³-hybridized carbons (Fsp3) is 0.467. The lowest BCUT2D eigenvalue weighted by atomic mass is 10.1. The van der Waals surface area contributed by atoms with Gasteiger partial charge in [-0.3, -0.25) is 14.7 Å². The van der Waals surface area contributed by atoms with Crippen LogP contribution in [0.5, 0.6) is 0 Å². The topological polar surface area (TPSA) is 78.3 Å². The van der Waals surface area contributed by atoms with Crippen molar-refractivity contribution in [1.29, 1.82) is 0 Å². The van der Waals surface area contributed by atoms with Crippen LogP contribution in [0.25, 0.3) is 10.9 Å². The van der Waals surface area contributed by atoms with Crippen LogP contribution in [0.1, 0.15) is 5.56 Å². The van der Waals surface area contributed by atoms with Crippen LogP contribution < -0.4 is 11.2 Å². The van der Waals surface area contributed by atoms with Crippen molar-refractivity contribution in [1.82, 2.24) is 13.9 Å². The van der Waals surface area contributed by atoms with Crippen molar-refractivity contribution < 1.29 is 31.4 Å². The summed E-state index contributed by atoms with van der Waals surface area (Å²) < 4.78 is 76.9. The van der Waals surface area contributed by atoms with Gasteiger partial charge >= 0.3 is 18.0 Å². The van der Waals surface area contributed by atoms with Gasteiger partial charge in [0.25, 0.3) is 5.56 Å². The van der Waals surface area contributed by atoms with Crippen LogP contribution in [0.2, 0.25) is 0 Å². The van der Waals surface area contributed by atoms with E-state index in [-0.39, 0.29) is 11.3 Å². The van der Waals surface area contributed by atoms with Crippen molar-refractivity contribution in [3.05, 3.63) is 44.6 Å². The molecule has 1 aromatic heterocycles. The van der Waals surface area contributed by atoms with Crippen molar-refractivity contribution in [2.24, 2.45) is 0 Å². The molecule has 2 rings (SSSR count). The summed E-state index contributed by atoms with van der Waals surface area (Å²) >= 11 is 0.669. The van der Waals surface area contributed by atoms with E-state index >= 15 is 0 Å². The average molecular weight is 431 g/mol. The first kappa shape index (κ1) is 22.3. The number of fused-ring (bicyclic) bond motifs is 1. The summed E-state index contributed by atoms with van der Waals surface area (Å²) in [5.74, 6) is -0.189. The fourth-order valence-electron chi connectivity index (χ4n) is 2.42. The maximum absolute atomic E-state index is 12.8. The number of alkyl halides is 6. The molecule has 0 spiro atoms. The Morgan fingerprint density at radius 3 is 2.39 bits per heavy atom. The average Bonchev–Trinajstić information content (AvgIpc) is 2.55. The lowest BCUT2D eigenvalue weighted by Crippen LogP contribution is -2.43. The maximum atomic E-state index is 12.8. The summed E-state index contributed by atoms with van der Waals surface area (Å²) in [6.07, 6.45) is -9.20. The molecule has 6 nitrogen and oxygen atoms in total. The summed E-state index contributed by atoms with van der Waals surface area (Å²) in [7, 11) is 1.14. The molecule has 0 fully saturated rings. The van der Waals surface area contributed by atoms with E-state index in [1.807, 2.05) is 4.98 Å². The maximum Gasteiger partial charge on any atom is 0.416 e. The minimum absolute atomic E-state index is 0.123. The van der Waals surface area contributed by atoms with E-state index in [1.165, 1.54) is 0 Å². The Hall–Kier alpha value is -1.99. The number of halogens is 6. The Morgan fingerprint density at radius 2 is 1.86 bits per heavy atom. The van der Waals surface area contributed by atoms with Gasteiger partial charge in [-0.2, -0.15) is 26.3 Å². The second kappa shape index (κ2) is 8.17. The molecule has 13 heteroatoms. The van der Waals surface area contributed by atoms with Crippen molar-refractivity contribution in [2.75, 3.05) is 26.0 Å². The summed E-state index contributed by atoms with van der Waals surface area (Å²) in [5, 5.41) is 8.93. The minimum Gasteiger partial charge on any atom is -0.395 e. The number of likely N-dealkylation sites (N-methyl/N-ethyl adjacent to an activating group) is 1. The highest BCUT2D eigenvalue weighted by Crippen LogP contribution is 2.31. The molecule has 2 aromatic rings. The molecule has 0 saturated heterocycles. The molecular weight excluding hydrogens is 416 g/mol. The van der Waals surface area contributed by atoms with E-state index in [1.54, 1.807) is 0 Å². The van der Waals surface area contributed by atoms with Gasteiger partial charge in [0.05, 0.1) is 29.6 Å². The van der Waals surface area contributed by atoms with Gasteiger partial charge in [0, 0.05) is 11.8 Å². The number of aliphatic hydroxyl groups is 1. The summed E-state index contributed by atoms with van der Waals surface area (Å²) in [6, 6.07) is 1.23. The van der Waals surface area contributed by atoms with Crippen molar-refractivity contribution in [3.8, 4) is 0 Å². The van der Waals surface area contributed by atoms with Gasteiger partial charge in [0.15, 0.2) is 0 Å². The molecule has 2 N–H and O–H groups in total. The van der Waals surface area contributed by atoms with Crippen LogP contribution in [0.3, 0.4) is 0 Å². The van der Waals surface area contributed by atoms with Crippen LogP contribution >= 0.6 is 11.9 Å². The second-order valence-corrected chi connectivity index (χ2v) is 6.90. The summed E-state index contributed by atoms with van der Waals surface area (Å²) in [5.41, 5.74) is -3.17. The predicted octanol–water partition coefficient (Wildman–Crippen LogP) is 2.06. The van der Waals surface area contributed by atoms with Crippen LogP contribution in [-0.2, 0) is 6.18 Å². The number of aromatic amines is 1. The third kappa shape index (κ3) is 5.29. The van der Waals surface area contributed by atoms with E-state index in [0.29, 0.717) is 24.1 Å². The quantitative estimate of drug-likeness (QED) is 0.685. The van der Waals surface area contributed by atoms with Crippen molar-refractivity contribution >= 4 is 22.9 Å². The van der Waals surface area contributed by atoms with Crippen molar-refractivity contribution in [3.63, 3.8) is 0 Å². The lowest BCUT2D eigenvalue weighted by molar-refractivity contribution is -0.147. The van der Waals surface area contributed by atoms with E-state index in [0.717, 1.165) is 22.0 Å². The number of H-pyrrole nitrogens is 1. The molecule has 0 bridgehead atoms. The van der Waals surface area contributed by atoms with E-state index in [4.69, 9.17) is 0 Å². The number of nitrogens with zero attached hydrogens (tertiary/aromatic N) is 2. The van der Waals surface area contributed by atoms with Crippen LogP contribution in [-0.4, -0.2) is 57.1 Å². The molecule has 1 heterocycles. The minimum atomic E-state index is -4.70. The molecule has 1 unspecified atom stereocenters. The van der Waals surface area contributed by atoms with Crippen LogP contribution in [0, 0.1) is 0 Å². The molecule has 1 atom stereocenters. The normalized spacial score (nSPS) is 14.0. The number of rotatable bonds is 6. The zero-order valence-electron chi connectivity index (χ0n) is 14.3. The number of hydrogen-bond donors (Lipinski definition) is 2. The Balaban J connectivity index is 2.36. The van der Waals surface area contributed by atoms with Gasteiger partial charge < -0.3 is 5.11 Å². The van der Waals surface area contributed by atoms with E-state index in [9.17, 15) is 41.0 Å². The number of aliphatic hydroxyl groups excluding tert-OH is 1. The second-order valence-electron chi connectivity index (χ2n) is 5.95. The molecule has 0 aliphatic carbocycles. The van der Waals surface area contributed by atoms with Gasteiger partial charge in [-0.1, -0.05) is 0 Å². The third-order valence-corrected chi connectivity index (χ3v) is 5.01. The fourth-order valence-corrected chi connectivity index (χ4v) is 3.56. The Bertz CT molecular complexity index is 953. The highest BCUT2D eigenvalue weighted by Gasteiger charge is 2.32. The first-order valence-corrected chi connectivity index (χ1v) is 8.65.